The lowest BCUT2D eigenvalue weighted by molar-refractivity contribution is 0.0976. The minimum atomic E-state index is -2.31. The van der Waals surface area contributed by atoms with Gasteiger partial charge >= 0.3 is 0 Å². The molecule has 1 atom stereocenters. The van der Waals surface area contributed by atoms with Crippen LogP contribution in [0, 0.1) is 0 Å². The van der Waals surface area contributed by atoms with E-state index in [0.29, 0.717) is 5.56 Å². The highest BCUT2D eigenvalue weighted by Crippen LogP contribution is 1.97. The van der Waals surface area contributed by atoms with Gasteiger partial charge in [-0.2, -0.15) is 0 Å². The van der Waals surface area contributed by atoms with Crippen LogP contribution in [0.25, 0.3) is 0 Å². The van der Waals surface area contributed by atoms with Gasteiger partial charge in [-0.05, 0) is 23.2 Å². The van der Waals surface area contributed by atoms with Crippen molar-refractivity contribution < 1.29 is 13.6 Å². The Morgan fingerprint density at radius 1 is 1.44 bits per heavy atom. The number of nitrogens with two attached hydrogens (primary N) is 1. The molecule has 0 bridgehead atoms. The second-order valence-electron chi connectivity index (χ2n) is 2.80. The molecule has 0 aliphatic heterocycles. The fraction of sp³-hybridized carbons (Fsp3) is 0.111. The van der Waals surface area contributed by atoms with Gasteiger partial charge in [-0.3, -0.25) is 14.3 Å². The first-order chi connectivity index (χ1) is 7.59. The number of nitrogens with one attached hydrogen (secondary N) is 1. The summed E-state index contributed by atoms with van der Waals surface area (Å²) in [7, 11) is 0. The van der Waals surface area contributed by atoms with Crippen molar-refractivity contribution in [3.8, 4) is 0 Å². The summed E-state index contributed by atoms with van der Waals surface area (Å²) < 4.78 is 20.4. The van der Waals surface area contributed by atoms with Crippen LogP contribution >= 0.6 is 0 Å². The molecule has 86 valence electrons. The lowest BCUT2D eigenvalue weighted by atomic mass is 10.2. The van der Waals surface area contributed by atoms with Crippen molar-refractivity contribution in [1.29, 1.82) is 0 Å². The minimum absolute atomic E-state index is 0.224. The summed E-state index contributed by atoms with van der Waals surface area (Å²) in [5.41, 5.74) is 5.73. The van der Waals surface area contributed by atoms with E-state index >= 15 is 0 Å². The molecule has 0 saturated heterocycles. The molecule has 1 aromatic carbocycles. The topological polar surface area (TPSA) is 108 Å². The zero-order valence-corrected chi connectivity index (χ0v) is 9.07. The smallest absolute Gasteiger partial charge is 0.257 e. The Morgan fingerprint density at radius 2 is 2.06 bits per heavy atom. The highest BCUT2D eigenvalue weighted by Gasteiger charge is 2.04. The Bertz CT molecular complexity index is 419. The van der Waals surface area contributed by atoms with E-state index in [1.807, 2.05) is 0 Å². The third kappa shape index (κ3) is 4.20. The van der Waals surface area contributed by atoms with Crippen LogP contribution in [0.1, 0.15) is 10.4 Å². The Labute approximate surface area is 94.9 Å². The van der Waals surface area contributed by atoms with Gasteiger partial charge < -0.3 is 10.3 Å². The largest absolute Gasteiger partial charge is 0.771 e. The van der Waals surface area contributed by atoms with Crippen molar-refractivity contribution in [3.63, 3.8) is 0 Å². The molecule has 1 amide bonds. The predicted octanol–water partition coefficient (Wildman–Crippen LogP) is -0.432. The average molecular weight is 240 g/mol. The van der Waals surface area contributed by atoms with E-state index in [9.17, 15) is 13.6 Å². The van der Waals surface area contributed by atoms with Crippen molar-refractivity contribution in [3.05, 3.63) is 35.9 Å². The van der Waals surface area contributed by atoms with Gasteiger partial charge in [0.25, 0.3) is 5.91 Å². The molecule has 16 heavy (non-hydrogen) atoms. The standard InChI is InChI=1S/C9H11N3O3S/c10-9(11-6-16(14)15)12-8(13)7-4-2-1-3-5-7/h1-5H,6H2,(H,14,15)(H3,10,11,12,13)/p-1. The summed E-state index contributed by atoms with van der Waals surface area (Å²) >= 11 is -2.31. The van der Waals surface area contributed by atoms with Crippen molar-refractivity contribution in [2.75, 3.05) is 5.88 Å². The van der Waals surface area contributed by atoms with Gasteiger partial charge in [-0.1, -0.05) is 18.2 Å². The van der Waals surface area contributed by atoms with E-state index in [0.717, 1.165) is 0 Å². The summed E-state index contributed by atoms with van der Waals surface area (Å²) in [5, 5.41) is 2.27. The summed E-state index contributed by atoms with van der Waals surface area (Å²) in [4.78, 5) is 14.9. The zero-order chi connectivity index (χ0) is 12.0. The maximum atomic E-state index is 11.5. The fourth-order valence-electron chi connectivity index (χ4n) is 0.940. The van der Waals surface area contributed by atoms with Crippen LogP contribution in [-0.2, 0) is 11.1 Å². The lowest BCUT2D eigenvalue weighted by Crippen LogP contribution is -2.37. The van der Waals surface area contributed by atoms with Gasteiger partial charge in [-0.25, -0.2) is 4.99 Å². The number of carbonyl (C=O) groups excluding carboxylic acids is 1. The Morgan fingerprint density at radius 3 is 2.62 bits per heavy atom. The molecule has 7 heteroatoms. The molecule has 0 aromatic heterocycles. The number of rotatable bonds is 3. The van der Waals surface area contributed by atoms with Crippen molar-refractivity contribution in [1.82, 2.24) is 5.32 Å². The van der Waals surface area contributed by atoms with Crippen molar-refractivity contribution >= 4 is 22.9 Å². The molecule has 0 aliphatic rings. The molecule has 0 radical (unpaired) electrons. The van der Waals surface area contributed by atoms with Gasteiger partial charge in [-0.15, -0.1) is 0 Å². The third-order valence-electron chi connectivity index (χ3n) is 1.62. The average Bonchev–Trinajstić information content (AvgIpc) is 2.27. The highest BCUT2D eigenvalue weighted by atomic mass is 32.2. The monoisotopic (exact) mass is 240 g/mol. The molecule has 1 rings (SSSR count). The van der Waals surface area contributed by atoms with Crippen LogP contribution in [0.15, 0.2) is 35.3 Å². The van der Waals surface area contributed by atoms with E-state index in [4.69, 9.17) is 5.73 Å². The maximum absolute atomic E-state index is 11.5. The Hall–Kier alpha value is -1.73. The van der Waals surface area contributed by atoms with Gasteiger partial charge in [0.15, 0.2) is 5.96 Å². The molecule has 0 heterocycles. The number of guanidine groups is 1. The minimum Gasteiger partial charge on any atom is -0.771 e. The van der Waals surface area contributed by atoms with Gasteiger partial charge in [0.1, 0.15) is 5.88 Å². The van der Waals surface area contributed by atoms with Crippen molar-refractivity contribution in [2.24, 2.45) is 10.7 Å². The second kappa shape index (κ2) is 5.99. The Kier molecular flexibility index (Phi) is 4.62. The number of hydrogen-bond acceptors (Lipinski definition) is 4. The van der Waals surface area contributed by atoms with Crippen LogP contribution < -0.4 is 11.1 Å². The molecule has 1 aromatic rings. The molecular weight excluding hydrogens is 230 g/mol. The number of hydrogen-bond donors (Lipinski definition) is 2. The van der Waals surface area contributed by atoms with E-state index in [1.54, 1.807) is 30.3 Å². The second-order valence-corrected chi connectivity index (χ2v) is 3.66. The molecule has 0 saturated carbocycles. The van der Waals surface area contributed by atoms with Crippen molar-refractivity contribution in [2.45, 2.75) is 0 Å². The number of carbonyl (C=O) groups is 1. The van der Waals surface area contributed by atoms with E-state index in [1.165, 1.54) is 0 Å². The number of amides is 1. The van der Waals surface area contributed by atoms with E-state index in [2.05, 4.69) is 10.3 Å². The summed E-state index contributed by atoms with van der Waals surface area (Å²) in [5.74, 6) is -1.13. The van der Waals surface area contributed by atoms with Gasteiger partial charge in [0.05, 0.1) is 0 Å². The van der Waals surface area contributed by atoms with Crippen LogP contribution in [0.2, 0.25) is 0 Å². The predicted molar refractivity (Wildman–Crippen MR) is 59.3 cm³/mol. The number of benzene rings is 1. The SMILES string of the molecule is NC(=NCS(=O)[O-])NC(=O)c1ccccc1. The molecule has 6 nitrogen and oxygen atoms in total. The van der Waals surface area contributed by atoms with Gasteiger partial charge in [0.2, 0.25) is 0 Å². The molecule has 0 fully saturated rings. The molecule has 0 spiro atoms. The maximum Gasteiger partial charge on any atom is 0.257 e. The molecular formula is C9H10N3O3S-. The Balaban J connectivity index is 2.58. The van der Waals surface area contributed by atoms with Crippen LogP contribution in [0.5, 0.6) is 0 Å². The quantitative estimate of drug-likeness (QED) is 0.424. The first kappa shape index (κ1) is 12.3. The van der Waals surface area contributed by atoms with E-state index in [-0.39, 0.29) is 5.96 Å². The molecule has 0 aliphatic carbocycles. The zero-order valence-electron chi connectivity index (χ0n) is 8.25. The third-order valence-corrected chi connectivity index (χ3v) is 1.96. The number of aliphatic imine (C=N–C) groups is 1. The molecule has 3 N–H and O–H groups in total. The number of nitrogens with zero attached hydrogens (tertiary/aromatic N) is 1. The summed E-state index contributed by atoms with van der Waals surface area (Å²) in [6, 6.07) is 8.39. The van der Waals surface area contributed by atoms with Crippen LogP contribution in [-0.4, -0.2) is 26.5 Å². The molecule has 1 unspecified atom stereocenters. The first-order valence-electron chi connectivity index (χ1n) is 4.32. The normalized spacial score (nSPS) is 13.2. The summed E-state index contributed by atoms with van der Waals surface area (Å²) in [6.07, 6.45) is 0. The summed E-state index contributed by atoms with van der Waals surface area (Å²) in [6.45, 7) is 0. The lowest BCUT2D eigenvalue weighted by Gasteiger charge is -2.05. The van der Waals surface area contributed by atoms with E-state index < -0.39 is 22.9 Å². The van der Waals surface area contributed by atoms with Crippen LogP contribution in [0.3, 0.4) is 0 Å². The fourth-order valence-corrected chi connectivity index (χ4v) is 1.18. The van der Waals surface area contributed by atoms with Crippen LogP contribution in [0.4, 0.5) is 0 Å². The highest BCUT2D eigenvalue weighted by molar-refractivity contribution is 7.79. The first-order valence-corrected chi connectivity index (χ1v) is 5.56. The van der Waals surface area contributed by atoms with Gasteiger partial charge in [0, 0.05) is 5.56 Å².